The van der Waals surface area contributed by atoms with Gasteiger partial charge in [0.15, 0.2) is 11.5 Å². The molecule has 1 aliphatic carbocycles. The minimum atomic E-state index is -0.323. The zero-order chi connectivity index (χ0) is 18.7. The van der Waals surface area contributed by atoms with Gasteiger partial charge in [0.2, 0.25) is 0 Å². The summed E-state index contributed by atoms with van der Waals surface area (Å²) in [4.78, 5) is 12.6. The van der Waals surface area contributed by atoms with Crippen LogP contribution in [0.5, 0.6) is 11.5 Å². The van der Waals surface area contributed by atoms with E-state index in [1.54, 1.807) is 26.5 Å². The van der Waals surface area contributed by atoms with Gasteiger partial charge in [-0.3, -0.25) is 4.68 Å². The van der Waals surface area contributed by atoms with Gasteiger partial charge < -0.3 is 14.2 Å². The Morgan fingerprint density at radius 3 is 2.62 bits per heavy atom. The molecule has 6 heteroatoms. The van der Waals surface area contributed by atoms with Gasteiger partial charge >= 0.3 is 5.97 Å². The van der Waals surface area contributed by atoms with E-state index in [2.05, 4.69) is 18.9 Å². The standard InChI is InChI=1S/C20H26N2O4/c1-5-13(2)22-19(15-7-8-15)16(11-21-22)20(23)26-12-14-6-9-17(24-3)18(10-14)25-4/h6,9-11,13,15H,5,7-8,12H2,1-4H3. The summed E-state index contributed by atoms with van der Waals surface area (Å²) >= 11 is 0. The topological polar surface area (TPSA) is 62.6 Å². The summed E-state index contributed by atoms with van der Waals surface area (Å²) in [6, 6.07) is 5.76. The molecule has 1 aromatic heterocycles. The molecular weight excluding hydrogens is 332 g/mol. The van der Waals surface area contributed by atoms with E-state index < -0.39 is 0 Å². The summed E-state index contributed by atoms with van der Waals surface area (Å²) in [6.45, 7) is 4.42. The molecule has 0 aliphatic heterocycles. The van der Waals surface area contributed by atoms with Crippen molar-refractivity contribution in [2.45, 2.75) is 51.7 Å². The fraction of sp³-hybridized carbons (Fsp3) is 0.500. The number of esters is 1. The minimum absolute atomic E-state index is 0.178. The molecule has 1 saturated carbocycles. The van der Waals surface area contributed by atoms with Crippen molar-refractivity contribution in [3.8, 4) is 11.5 Å². The lowest BCUT2D eigenvalue weighted by Crippen LogP contribution is -2.12. The maximum Gasteiger partial charge on any atom is 0.341 e. The smallest absolute Gasteiger partial charge is 0.341 e. The van der Waals surface area contributed by atoms with Crippen LogP contribution in [0.1, 0.15) is 66.7 Å². The lowest BCUT2D eigenvalue weighted by molar-refractivity contribution is 0.0470. The number of carbonyl (C=O) groups is 1. The number of methoxy groups -OCH3 is 2. The van der Waals surface area contributed by atoms with Gasteiger partial charge in [-0.05, 0) is 43.9 Å². The van der Waals surface area contributed by atoms with Gasteiger partial charge in [-0.1, -0.05) is 13.0 Å². The summed E-state index contributed by atoms with van der Waals surface area (Å²) in [6.07, 6.45) is 4.84. The van der Waals surface area contributed by atoms with Gasteiger partial charge in [-0.2, -0.15) is 5.10 Å². The van der Waals surface area contributed by atoms with Crippen LogP contribution < -0.4 is 9.47 Å². The second-order valence-electron chi connectivity index (χ2n) is 6.69. The van der Waals surface area contributed by atoms with Gasteiger partial charge in [0.1, 0.15) is 12.2 Å². The minimum Gasteiger partial charge on any atom is -0.493 e. The molecule has 0 radical (unpaired) electrons. The van der Waals surface area contributed by atoms with Gasteiger partial charge in [-0.15, -0.1) is 0 Å². The number of ether oxygens (including phenoxy) is 3. The number of aromatic nitrogens is 2. The van der Waals surface area contributed by atoms with Crippen LogP contribution in [0, 0.1) is 0 Å². The highest BCUT2D eigenvalue weighted by atomic mass is 16.5. The zero-order valence-corrected chi connectivity index (χ0v) is 15.8. The maximum atomic E-state index is 12.6. The highest BCUT2D eigenvalue weighted by Crippen LogP contribution is 2.43. The molecule has 6 nitrogen and oxygen atoms in total. The highest BCUT2D eigenvalue weighted by Gasteiger charge is 2.33. The zero-order valence-electron chi connectivity index (χ0n) is 15.8. The molecule has 0 bridgehead atoms. The van der Waals surface area contributed by atoms with Crippen molar-refractivity contribution in [2.75, 3.05) is 14.2 Å². The summed E-state index contributed by atoms with van der Waals surface area (Å²) in [7, 11) is 3.17. The fourth-order valence-corrected chi connectivity index (χ4v) is 3.01. The van der Waals surface area contributed by atoms with Crippen LogP contribution in [-0.4, -0.2) is 30.0 Å². The van der Waals surface area contributed by atoms with E-state index in [0.717, 1.165) is 30.5 Å². The Morgan fingerprint density at radius 2 is 2.00 bits per heavy atom. The number of nitrogens with zero attached hydrogens (tertiary/aromatic N) is 2. The van der Waals surface area contributed by atoms with Crippen LogP contribution >= 0.6 is 0 Å². The van der Waals surface area contributed by atoms with E-state index >= 15 is 0 Å². The molecule has 2 aromatic rings. The number of rotatable bonds is 8. The van der Waals surface area contributed by atoms with Gasteiger partial charge in [-0.25, -0.2) is 4.79 Å². The van der Waals surface area contributed by atoms with Crippen molar-refractivity contribution < 1.29 is 19.0 Å². The maximum absolute atomic E-state index is 12.6. The predicted molar refractivity (Wildman–Crippen MR) is 97.9 cm³/mol. The molecular formula is C20H26N2O4. The van der Waals surface area contributed by atoms with Crippen LogP contribution in [0.4, 0.5) is 0 Å². The SMILES string of the molecule is CCC(C)n1ncc(C(=O)OCc2ccc(OC)c(OC)c2)c1C1CC1. The average molecular weight is 358 g/mol. The molecule has 1 aliphatic rings. The van der Waals surface area contributed by atoms with E-state index in [1.807, 2.05) is 16.8 Å². The number of hydrogen-bond acceptors (Lipinski definition) is 5. The quantitative estimate of drug-likeness (QED) is 0.665. The van der Waals surface area contributed by atoms with Crippen molar-refractivity contribution in [3.05, 3.63) is 41.2 Å². The third-order valence-electron chi connectivity index (χ3n) is 4.84. The van der Waals surface area contributed by atoms with Crippen LogP contribution in [0.15, 0.2) is 24.4 Å². The Labute approximate surface area is 154 Å². The van der Waals surface area contributed by atoms with Crippen molar-refractivity contribution in [3.63, 3.8) is 0 Å². The molecule has 0 amide bonds. The first-order chi connectivity index (χ1) is 12.6. The lowest BCUT2D eigenvalue weighted by atomic mass is 10.1. The molecule has 1 heterocycles. The molecule has 1 aromatic carbocycles. The van der Waals surface area contributed by atoms with Gasteiger partial charge in [0, 0.05) is 12.0 Å². The highest BCUT2D eigenvalue weighted by molar-refractivity contribution is 5.90. The summed E-state index contributed by atoms with van der Waals surface area (Å²) < 4.78 is 18.1. The van der Waals surface area contributed by atoms with E-state index in [1.165, 1.54) is 0 Å². The predicted octanol–water partition coefficient (Wildman–Crippen LogP) is 4.11. The normalized spacial score (nSPS) is 14.8. The molecule has 3 rings (SSSR count). The summed E-state index contributed by atoms with van der Waals surface area (Å²) in [5.41, 5.74) is 2.46. The molecule has 0 spiro atoms. The van der Waals surface area contributed by atoms with E-state index in [4.69, 9.17) is 14.2 Å². The second-order valence-corrected chi connectivity index (χ2v) is 6.69. The summed E-state index contributed by atoms with van der Waals surface area (Å²) in [5.74, 6) is 1.36. The Balaban J connectivity index is 1.74. The van der Waals surface area contributed by atoms with E-state index in [-0.39, 0.29) is 18.6 Å². The van der Waals surface area contributed by atoms with Gasteiger partial charge in [0.05, 0.1) is 26.1 Å². The molecule has 140 valence electrons. The Bertz CT molecular complexity index is 780. The largest absolute Gasteiger partial charge is 0.493 e. The third-order valence-corrected chi connectivity index (χ3v) is 4.84. The van der Waals surface area contributed by atoms with Crippen LogP contribution in [0.25, 0.3) is 0 Å². The number of carbonyl (C=O) groups excluding carboxylic acids is 1. The molecule has 1 unspecified atom stereocenters. The van der Waals surface area contributed by atoms with Crippen molar-refractivity contribution >= 4 is 5.97 Å². The summed E-state index contributed by atoms with van der Waals surface area (Å²) in [5, 5.41) is 4.45. The molecule has 0 saturated heterocycles. The Morgan fingerprint density at radius 1 is 1.27 bits per heavy atom. The van der Waals surface area contributed by atoms with Crippen molar-refractivity contribution in [1.82, 2.24) is 9.78 Å². The first-order valence-corrected chi connectivity index (χ1v) is 9.04. The molecule has 26 heavy (non-hydrogen) atoms. The number of hydrogen-bond donors (Lipinski definition) is 0. The monoisotopic (exact) mass is 358 g/mol. The lowest BCUT2D eigenvalue weighted by Gasteiger charge is -2.14. The van der Waals surface area contributed by atoms with E-state index in [0.29, 0.717) is 23.0 Å². The average Bonchev–Trinajstić information content (AvgIpc) is 3.42. The first kappa shape index (κ1) is 18.3. The molecule has 0 N–H and O–H groups in total. The Hall–Kier alpha value is -2.50. The Kier molecular flexibility index (Phi) is 5.49. The van der Waals surface area contributed by atoms with Crippen molar-refractivity contribution in [1.29, 1.82) is 0 Å². The van der Waals surface area contributed by atoms with Crippen molar-refractivity contribution in [2.24, 2.45) is 0 Å². The van der Waals surface area contributed by atoms with Gasteiger partial charge in [0.25, 0.3) is 0 Å². The van der Waals surface area contributed by atoms with Crippen LogP contribution in [0.2, 0.25) is 0 Å². The fourth-order valence-electron chi connectivity index (χ4n) is 3.01. The van der Waals surface area contributed by atoms with Crippen LogP contribution in [-0.2, 0) is 11.3 Å². The third kappa shape index (κ3) is 3.69. The van der Waals surface area contributed by atoms with E-state index in [9.17, 15) is 4.79 Å². The first-order valence-electron chi connectivity index (χ1n) is 9.04. The number of benzene rings is 1. The second kappa shape index (κ2) is 7.81. The van der Waals surface area contributed by atoms with Crippen LogP contribution in [0.3, 0.4) is 0 Å². The molecule has 1 atom stereocenters. The molecule has 1 fully saturated rings.